The van der Waals surface area contributed by atoms with Crippen molar-refractivity contribution in [3.8, 4) is 5.75 Å². The van der Waals surface area contributed by atoms with Crippen molar-refractivity contribution in [1.82, 2.24) is 5.32 Å². The van der Waals surface area contributed by atoms with Crippen LogP contribution in [0.25, 0.3) is 0 Å². The molecule has 1 N–H and O–H groups in total. The number of methoxy groups -OCH3 is 1. The zero-order valence-corrected chi connectivity index (χ0v) is 10.8. The van der Waals surface area contributed by atoms with Gasteiger partial charge in [-0.15, -0.1) is 0 Å². The molecule has 0 radical (unpaired) electrons. The number of benzene rings is 1. The second kappa shape index (κ2) is 5.52. The van der Waals surface area contributed by atoms with E-state index in [0.717, 1.165) is 18.6 Å². The van der Waals surface area contributed by atoms with Crippen LogP contribution in [0.2, 0.25) is 0 Å². The van der Waals surface area contributed by atoms with Gasteiger partial charge < -0.3 is 14.8 Å². The molecule has 0 amide bonds. The van der Waals surface area contributed by atoms with Gasteiger partial charge in [0.2, 0.25) is 0 Å². The molecular weight excluding hydrogens is 214 g/mol. The highest BCUT2D eigenvalue weighted by molar-refractivity contribution is 5.45. The number of rotatable bonds is 5. The van der Waals surface area contributed by atoms with Crippen molar-refractivity contribution < 1.29 is 9.47 Å². The topological polar surface area (TPSA) is 30.5 Å². The molecule has 1 aromatic carbocycles. The van der Waals surface area contributed by atoms with Crippen LogP contribution in [0.3, 0.4) is 0 Å². The largest absolute Gasteiger partial charge is 0.488 e. The minimum absolute atomic E-state index is 0.0973. The van der Waals surface area contributed by atoms with Gasteiger partial charge in [0.1, 0.15) is 11.9 Å². The second-order valence-corrected chi connectivity index (χ2v) is 4.59. The maximum atomic E-state index is 5.94. The van der Waals surface area contributed by atoms with Gasteiger partial charge in [-0.2, -0.15) is 0 Å². The molecule has 1 aliphatic carbocycles. The van der Waals surface area contributed by atoms with Crippen molar-refractivity contribution in [2.45, 2.75) is 31.9 Å². The highest BCUT2D eigenvalue weighted by Crippen LogP contribution is 2.36. The molecule has 2 atom stereocenters. The van der Waals surface area contributed by atoms with Crippen LogP contribution in [0.15, 0.2) is 18.2 Å². The molecule has 3 nitrogen and oxygen atoms in total. The van der Waals surface area contributed by atoms with Crippen molar-refractivity contribution in [1.29, 1.82) is 0 Å². The van der Waals surface area contributed by atoms with Crippen LogP contribution in [0.4, 0.5) is 0 Å². The molecule has 0 aromatic heterocycles. The number of nitrogens with one attached hydrogen (secondary N) is 1. The average Bonchev–Trinajstić information content (AvgIpc) is 2.73. The van der Waals surface area contributed by atoms with Crippen LogP contribution in [0.5, 0.6) is 5.75 Å². The van der Waals surface area contributed by atoms with Crippen molar-refractivity contribution in [2.24, 2.45) is 0 Å². The summed E-state index contributed by atoms with van der Waals surface area (Å²) in [7, 11) is 3.72. The highest BCUT2D eigenvalue weighted by atomic mass is 16.5. The maximum absolute atomic E-state index is 5.94. The fourth-order valence-corrected chi connectivity index (χ4v) is 2.52. The lowest BCUT2D eigenvalue weighted by molar-refractivity contribution is 0.0915. The van der Waals surface area contributed by atoms with Crippen LogP contribution in [-0.4, -0.2) is 26.9 Å². The summed E-state index contributed by atoms with van der Waals surface area (Å²) >= 11 is 0. The van der Waals surface area contributed by atoms with Crippen LogP contribution < -0.4 is 10.1 Å². The van der Waals surface area contributed by atoms with Gasteiger partial charge in [-0.05, 0) is 44.0 Å². The van der Waals surface area contributed by atoms with E-state index < -0.39 is 0 Å². The number of hydrogen-bond donors (Lipinski definition) is 1. The Balaban J connectivity index is 2.17. The SMILES string of the molecule is CNC1CCc2c(OC(C)COC)cccc21. The lowest BCUT2D eigenvalue weighted by Gasteiger charge is -2.17. The van der Waals surface area contributed by atoms with Crippen LogP contribution in [0, 0.1) is 0 Å². The predicted octanol–water partition coefficient (Wildman–Crippen LogP) is 2.31. The molecular formula is C14H21NO2. The monoisotopic (exact) mass is 235 g/mol. The number of fused-ring (bicyclic) bond motifs is 1. The van der Waals surface area contributed by atoms with E-state index in [1.165, 1.54) is 11.1 Å². The van der Waals surface area contributed by atoms with Gasteiger partial charge in [0.25, 0.3) is 0 Å². The standard InChI is InChI=1S/C14H21NO2/c1-10(9-16-3)17-14-6-4-5-11-12(14)7-8-13(11)15-2/h4-6,10,13,15H,7-9H2,1-3H3. The van der Waals surface area contributed by atoms with Gasteiger partial charge >= 0.3 is 0 Å². The smallest absolute Gasteiger partial charge is 0.123 e. The van der Waals surface area contributed by atoms with Crippen LogP contribution in [-0.2, 0) is 11.2 Å². The summed E-state index contributed by atoms with van der Waals surface area (Å²) in [5, 5.41) is 3.35. The molecule has 2 rings (SSSR count). The Labute approximate surface area is 103 Å². The summed E-state index contributed by atoms with van der Waals surface area (Å²) in [5.41, 5.74) is 2.74. The molecule has 0 aliphatic heterocycles. The molecule has 2 unspecified atom stereocenters. The molecule has 3 heteroatoms. The Bertz CT molecular complexity index is 378. The van der Waals surface area contributed by atoms with Gasteiger partial charge in [-0.3, -0.25) is 0 Å². The van der Waals surface area contributed by atoms with E-state index in [2.05, 4.69) is 23.5 Å². The summed E-state index contributed by atoms with van der Waals surface area (Å²) in [6, 6.07) is 6.80. The minimum atomic E-state index is 0.0973. The molecule has 17 heavy (non-hydrogen) atoms. The molecule has 0 bridgehead atoms. The zero-order valence-electron chi connectivity index (χ0n) is 10.8. The third-order valence-electron chi connectivity index (χ3n) is 3.31. The van der Waals surface area contributed by atoms with Gasteiger partial charge in [-0.25, -0.2) is 0 Å². The fraction of sp³-hybridized carbons (Fsp3) is 0.571. The van der Waals surface area contributed by atoms with E-state index in [9.17, 15) is 0 Å². The fourth-order valence-electron chi connectivity index (χ4n) is 2.52. The summed E-state index contributed by atoms with van der Waals surface area (Å²) < 4.78 is 11.0. The van der Waals surface area contributed by atoms with E-state index in [1.807, 2.05) is 14.0 Å². The quantitative estimate of drug-likeness (QED) is 0.849. The first kappa shape index (κ1) is 12.4. The number of ether oxygens (including phenoxy) is 2. The molecule has 0 saturated carbocycles. The Hall–Kier alpha value is -1.06. The van der Waals surface area contributed by atoms with E-state index >= 15 is 0 Å². The summed E-state index contributed by atoms with van der Waals surface area (Å²) in [6.45, 7) is 2.66. The van der Waals surface area contributed by atoms with Crippen molar-refractivity contribution in [3.63, 3.8) is 0 Å². The Kier molecular flexibility index (Phi) is 4.02. The third-order valence-corrected chi connectivity index (χ3v) is 3.31. The van der Waals surface area contributed by atoms with Gasteiger partial charge in [0, 0.05) is 13.2 Å². The minimum Gasteiger partial charge on any atom is -0.488 e. The normalized spacial score (nSPS) is 20.1. The van der Waals surface area contributed by atoms with E-state index in [1.54, 1.807) is 7.11 Å². The second-order valence-electron chi connectivity index (χ2n) is 4.59. The van der Waals surface area contributed by atoms with Crippen molar-refractivity contribution >= 4 is 0 Å². The Morgan fingerprint density at radius 2 is 2.29 bits per heavy atom. The van der Waals surface area contributed by atoms with Crippen molar-refractivity contribution in [3.05, 3.63) is 29.3 Å². The summed E-state index contributed by atoms with van der Waals surface area (Å²) in [4.78, 5) is 0. The van der Waals surface area contributed by atoms with E-state index in [-0.39, 0.29) is 6.10 Å². The van der Waals surface area contributed by atoms with E-state index in [4.69, 9.17) is 9.47 Å². The van der Waals surface area contributed by atoms with Crippen molar-refractivity contribution in [2.75, 3.05) is 20.8 Å². The first-order chi connectivity index (χ1) is 8.26. The molecule has 0 heterocycles. The maximum Gasteiger partial charge on any atom is 0.123 e. The molecule has 0 spiro atoms. The summed E-state index contributed by atoms with van der Waals surface area (Å²) in [5.74, 6) is 1.02. The van der Waals surface area contributed by atoms with E-state index in [0.29, 0.717) is 12.6 Å². The predicted molar refractivity (Wildman–Crippen MR) is 68.5 cm³/mol. The van der Waals surface area contributed by atoms with Gasteiger partial charge in [0.05, 0.1) is 6.61 Å². The lowest BCUT2D eigenvalue weighted by atomic mass is 10.1. The lowest BCUT2D eigenvalue weighted by Crippen LogP contribution is -2.18. The molecule has 1 aromatic rings. The average molecular weight is 235 g/mol. The first-order valence-electron chi connectivity index (χ1n) is 6.21. The molecule has 1 aliphatic rings. The molecule has 94 valence electrons. The third kappa shape index (κ3) is 2.61. The molecule has 0 fully saturated rings. The zero-order chi connectivity index (χ0) is 12.3. The molecule has 0 saturated heterocycles. The first-order valence-corrected chi connectivity index (χ1v) is 6.21. The highest BCUT2D eigenvalue weighted by Gasteiger charge is 2.24. The van der Waals surface area contributed by atoms with Gasteiger partial charge in [-0.1, -0.05) is 12.1 Å². The number of hydrogen-bond acceptors (Lipinski definition) is 3. The van der Waals surface area contributed by atoms with Crippen LogP contribution >= 0.6 is 0 Å². The summed E-state index contributed by atoms with van der Waals surface area (Å²) in [6.07, 6.45) is 2.35. The van der Waals surface area contributed by atoms with Gasteiger partial charge in [0.15, 0.2) is 0 Å². The van der Waals surface area contributed by atoms with Crippen LogP contribution in [0.1, 0.15) is 30.5 Å². The Morgan fingerprint density at radius 1 is 1.47 bits per heavy atom. The Morgan fingerprint density at radius 3 is 3.00 bits per heavy atom.